The van der Waals surface area contributed by atoms with E-state index in [4.69, 9.17) is 0 Å². The summed E-state index contributed by atoms with van der Waals surface area (Å²) >= 11 is 0. The Kier molecular flexibility index (Phi) is 4.16. The van der Waals surface area contributed by atoms with Gasteiger partial charge in [0.15, 0.2) is 0 Å². The number of urea groups is 1. The molecule has 2 aliphatic rings. The Morgan fingerprint density at radius 2 is 1.88 bits per heavy atom. The predicted octanol–water partition coefficient (Wildman–Crippen LogP) is 2.12. The molecule has 0 radical (unpaired) electrons. The van der Waals surface area contributed by atoms with Crippen LogP contribution in [0.1, 0.15) is 17.3 Å². The van der Waals surface area contributed by atoms with Gasteiger partial charge in [0.2, 0.25) is 0 Å². The SMILES string of the molecule is CN1C(=O)NC(c2ccccc2)C2=C1CN(CCc1ccccn1)C2=O. The van der Waals surface area contributed by atoms with E-state index in [1.807, 2.05) is 48.5 Å². The van der Waals surface area contributed by atoms with E-state index < -0.39 is 6.04 Å². The third kappa shape index (κ3) is 2.83. The number of likely N-dealkylation sites (N-methyl/N-ethyl adjacent to an activating group) is 1. The van der Waals surface area contributed by atoms with E-state index in [-0.39, 0.29) is 11.9 Å². The molecule has 1 aromatic carbocycles. The number of benzene rings is 1. The lowest BCUT2D eigenvalue weighted by Gasteiger charge is -2.31. The van der Waals surface area contributed by atoms with Gasteiger partial charge < -0.3 is 10.2 Å². The number of hydrogen-bond acceptors (Lipinski definition) is 3. The average molecular weight is 348 g/mol. The topological polar surface area (TPSA) is 65.5 Å². The van der Waals surface area contributed by atoms with Crippen molar-refractivity contribution < 1.29 is 9.59 Å². The molecule has 0 saturated heterocycles. The molecule has 3 heterocycles. The van der Waals surface area contributed by atoms with Gasteiger partial charge in [-0.2, -0.15) is 0 Å². The molecule has 0 spiro atoms. The van der Waals surface area contributed by atoms with Gasteiger partial charge in [-0.25, -0.2) is 4.79 Å². The van der Waals surface area contributed by atoms with Crippen molar-refractivity contribution in [2.75, 3.05) is 20.1 Å². The fraction of sp³-hybridized carbons (Fsp3) is 0.250. The Labute approximate surface area is 152 Å². The highest BCUT2D eigenvalue weighted by Gasteiger charge is 2.42. The molecule has 3 amide bonds. The first-order valence-corrected chi connectivity index (χ1v) is 8.66. The highest BCUT2D eigenvalue weighted by Crippen LogP contribution is 2.35. The molecule has 0 aliphatic carbocycles. The summed E-state index contributed by atoms with van der Waals surface area (Å²) < 4.78 is 0. The molecule has 1 atom stereocenters. The number of nitrogens with zero attached hydrogens (tertiary/aromatic N) is 3. The van der Waals surface area contributed by atoms with Crippen molar-refractivity contribution in [3.8, 4) is 0 Å². The number of carbonyl (C=O) groups is 2. The van der Waals surface area contributed by atoms with Crippen molar-refractivity contribution in [3.05, 3.63) is 77.3 Å². The number of aromatic nitrogens is 1. The first-order chi connectivity index (χ1) is 12.6. The zero-order valence-corrected chi connectivity index (χ0v) is 14.6. The van der Waals surface area contributed by atoms with Gasteiger partial charge in [0, 0.05) is 31.9 Å². The van der Waals surface area contributed by atoms with Gasteiger partial charge >= 0.3 is 6.03 Å². The molecule has 0 saturated carbocycles. The van der Waals surface area contributed by atoms with Crippen LogP contribution in [0.25, 0.3) is 0 Å². The molecule has 6 heteroatoms. The van der Waals surface area contributed by atoms with Crippen LogP contribution >= 0.6 is 0 Å². The Balaban J connectivity index is 1.59. The standard InChI is InChI=1S/C20H20N4O2/c1-23-16-13-24(12-10-15-9-5-6-11-21-15)19(25)17(16)18(22-20(23)26)14-7-3-2-4-8-14/h2-9,11,18H,10,12-13H2,1H3,(H,22,26). The molecule has 0 bridgehead atoms. The second-order valence-corrected chi connectivity index (χ2v) is 6.51. The number of rotatable bonds is 4. The van der Waals surface area contributed by atoms with Gasteiger partial charge in [0.1, 0.15) is 0 Å². The molecule has 132 valence electrons. The van der Waals surface area contributed by atoms with Crippen molar-refractivity contribution in [1.82, 2.24) is 20.1 Å². The van der Waals surface area contributed by atoms with Crippen LogP contribution < -0.4 is 5.32 Å². The maximum Gasteiger partial charge on any atom is 0.322 e. The highest BCUT2D eigenvalue weighted by atomic mass is 16.2. The molecule has 1 unspecified atom stereocenters. The molecule has 0 fully saturated rings. The summed E-state index contributed by atoms with van der Waals surface area (Å²) in [5, 5.41) is 2.95. The summed E-state index contributed by atoms with van der Waals surface area (Å²) in [6.07, 6.45) is 2.44. The van der Waals surface area contributed by atoms with Gasteiger partial charge in [0.05, 0.1) is 23.9 Å². The fourth-order valence-corrected chi connectivity index (χ4v) is 3.50. The minimum absolute atomic E-state index is 0.0170. The summed E-state index contributed by atoms with van der Waals surface area (Å²) in [5.41, 5.74) is 3.32. The summed E-state index contributed by atoms with van der Waals surface area (Å²) in [6, 6.07) is 14.8. The van der Waals surface area contributed by atoms with Crippen molar-refractivity contribution in [3.63, 3.8) is 0 Å². The minimum Gasteiger partial charge on any atom is -0.333 e. The van der Waals surface area contributed by atoms with E-state index in [0.29, 0.717) is 25.1 Å². The number of pyridine rings is 1. The maximum atomic E-state index is 13.1. The lowest BCUT2D eigenvalue weighted by Crippen LogP contribution is -2.45. The predicted molar refractivity (Wildman–Crippen MR) is 97.0 cm³/mol. The molecule has 26 heavy (non-hydrogen) atoms. The second-order valence-electron chi connectivity index (χ2n) is 6.51. The number of amides is 3. The van der Waals surface area contributed by atoms with Crippen LogP contribution in [0.3, 0.4) is 0 Å². The summed E-state index contributed by atoms with van der Waals surface area (Å²) in [7, 11) is 1.71. The average Bonchev–Trinajstić information content (AvgIpc) is 3.01. The first-order valence-electron chi connectivity index (χ1n) is 8.66. The van der Waals surface area contributed by atoms with Crippen molar-refractivity contribution in [2.24, 2.45) is 0 Å². The molecule has 4 rings (SSSR count). The third-order valence-corrected chi connectivity index (χ3v) is 4.93. The lowest BCUT2D eigenvalue weighted by atomic mass is 9.96. The normalized spacial score (nSPS) is 19.7. The van der Waals surface area contributed by atoms with Crippen LogP contribution in [0.5, 0.6) is 0 Å². The van der Waals surface area contributed by atoms with Crippen LogP contribution in [0.4, 0.5) is 4.79 Å². The van der Waals surface area contributed by atoms with Gasteiger partial charge in [-0.15, -0.1) is 0 Å². The lowest BCUT2D eigenvalue weighted by molar-refractivity contribution is -0.125. The molecule has 6 nitrogen and oxygen atoms in total. The van der Waals surface area contributed by atoms with E-state index >= 15 is 0 Å². The molecular weight excluding hydrogens is 328 g/mol. The Morgan fingerprint density at radius 1 is 1.12 bits per heavy atom. The summed E-state index contributed by atoms with van der Waals surface area (Å²) in [5.74, 6) is -0.0170. The maximum absolute atomic E-state index is 13.1. The number of carbonyl (C=O) groups excluding carboxylic acids is 2. The van der Waals surface area contributed by atoms with Crippen molar-refractivity contribution >= 4 is 11.9 Å². The van der Waals surface area contributed by atoms with Gasteiger partial charge in [-0.1, -0.05) is 36.4 Å². The van der Waals surface area contributed by atoms with Gasteiger partial charge in [0.25, 0.3) is 5.91 Å². The summed E-state index contributed by atoms with van der Waals surface area (Å²) in [6.45, 7) is 1.03. The van der Waals surface area contributed by atoms with Crippen LogP contribution in [0.2, 0.25) is 0 Å². The Hall–Kier alpha value is -3.15. The quantitative estimate of drug-likeness (QED) is 0.920. The Bertz CT molecular complexity index is 864. The zero-order valence-electron chi connectivity index (χ0n) is 14.6. The number of nitrogens with one attached hydrogen (secondary N) is 1. The third-order valence-electron chi connectivity index (χ3n) is 4.93. The van der Waals surface area contributed by atoms with Gasteiger partial charge in [-0.3, -0.25) is 14.7 Å². The largest absolute Gasteiger partial charge is 0.333 e. The van der Waals surface area contributed by atoms with E-state index in [0.717, 1.165) is 17.0 Å². The zero-order chi connectivity index (χ0) is 18.1. The molecular formula is C20H20N4O2. The first kappa shape index (κ1) is 16.3. The second kappa shape index (κ2) is 6.63. The van der Waals surface area contributed by atoms with E-state index in [9.17, 15) is 9.59 Å². The molecule has 2 aliphatic heterocycles. The van der Waals surface area contributed by atoms with Crippen LogP contribution in [-0.2, 0) is 11.2 Å². The monoisotopic (exact) mass is 348 g/mol. The molecule has 1 aromatic heterocycles. The van der Waals surface area contributed by atoms with E-state index in [2.05, 4.69) is 10.3 Å². The minimum atomic E-state index is -0.401. The van der Waals surface area contributed by atoms with Crippen molar-refractivity contribution in [1.29, 1.82) is 0 Å². The van der Waals surface area contributed by atoms with Crippen LogP contribution in [-0.4, -0.2) is 46.9 Å². The fourth-order valence-electron chi connectivity index (χ4n) is 3.50. The van der Waals surface area contributed by atoms with Gasteiger partial charge in [-0.05, 0) is 17.7 Å². The van der Waals surface area contributed by atoms with E-state index in [1.165, 1.54) is 0 Å². The van der Waals surface area contributed by atoms with Crippen LogP contribution in [0.15, 0.2) is 66.0 Å². The Morgan fingerprint density at radius 3 is 2.62 bits per heavy atom. The molecule has 2 aromatic rings. The number of hydrogen-bond donors (Lipinski definition) is 1. The molecule has 1 N–H and O–H groups in total. The van der Waals surface area contributed by atoms with E-state index in [1.54, 1.807) is 23.0 Å². The van der Waals surface area contributed by atoms with Crippen molar-refractivity contribution in [2.45, 2.75) is 12.5 Å². The highest BCUT2D eigenvalue weighted by molar-refractivity contribution is 6.01. The van der Waals surface area contributed by atoms with Crippen LogP contribution in [0, 0.1) is 0 Å². The smallest absolute Gasteiger partial charge is 0.322 e. The summed E-state index contributed by atoms with van der Waals surface area (Å²) in [4.78, 5) is 33.1.